The molecule has 20 heteroatoms. The van der Waals surface area contributed by atoms with Crippen molar-refractivity contribution in [3.8, 4) is 5.69 Å². The Hall–Kier alpha value is -3.46. The van der Waals surface area contributed by atoms with Crippen LogP contribution in [0.2, 0.25) is 5.02 Å². The molecule has 3 aromatic rings. The van der Waals surface area contributed by atoms with E-state index in [-0.39, 0.29) is 22.0 Å². The molecule has 0 spiro atoms. The number of benzene rings is 2. The molecule has 0 aliphatic rings. The molecule has 0 saturated carbocycles. The van der Waals surface area contributed by atoms with Gasteiger partial charge in [-0.2, -0.15) is 16.8 Å². The van der Waals surface area contributed by atoms with Crippen molar-refractivity contribution in [2.24, 2.45) is 10.2 Å². The predicted octanol–water partition coefficient (Wildman–Crippen LogP) is 2.08. The van der Waals surface area contributed by atoms with Crippen molar-refractivity contribution in [2.75, 3.05) is 12.4 Å². The number of aromatic carboxylic acids is 1. The van der Waals surface area contributed by atoms with Crippen LogP contribution in [0.25, 0.3) is 5.69 Å². The molecule has 0 saturated heterocycles. The van der Waals surface area contributed by atoms with Gasteiger partial charge in [-0.15, -0.1) is 10.2 Å². The van der Waals surface area contributed by atoms with Crippen LogP contribution in [-0.2, 0) is 34.5 Å². The van der Waals surface area contributed by atoms with Crippen LogP contribution < -0.4 is 5.56 Å². The van der Waals surface area contributed by atoms with Crippen LogP contribution in [0.5, 0.6) is 0 Å². The summed E-state index contributed by atoms with van der Waals surface area (Å²) in [5.41, 5.74) is -2.03. The molecule has 0 amide bonds. The molecule has 0 radical (unpaired) electrons. The first-order valence-electron chi connectivity index (χ1n) is 10.1. The number of aromatic amines is 1. The number of aromatic nitrogens is 2. The maximum atomic E-state index is 12.9. The standard InChI is InChI=1S/C19H17ClN4O12S3/c1-10-17(22-21-15-8-13(19(26)27)14(20)9-16(15)38(30,31)32)18(25)24(23-10)11-2-4-12(5-3-11)37(28,29)7-6-36-39(33,34)35/h2-5,8-9,23H,6-7H2,1H3,(H,26,27)(H,30,31,32)(H,33,34,35). The number of nitrogens with zero attached hydrogens (tertiary/aromatic N) is 3. The first kappa shape index (κ1) is 30.1. The van der Waals surface area contributed by atoms with E-state index in [2.05, 4.69) is 19.5 Å². The second-order valence-corrected chi connectivity index (χ2v) is 12.6. The maximum Gasteiger partial charge on any atom is 0.397 e. The Balaban J connectivity index is 1.95. The number of halogens is 1. The Bertz CT molecular complexity index is 1860. The van der Waals surface area contributed by atoms with E-state index in [0.29, 0.717) is 6.07 Å². The van der Waals surface area contributed by atoms with Crippen molar-refractivity contribution in [3.05, 3.63) is 63.0 Å². The van der Waals surface area contributed by atoms with Gasteiger partial charge < -0.3 is 5.11 Å². The highest BCUT2D eigenvalue weighted by Crippen LogP contribution is 2.32. The van der Waals surface area contributed by atoms with Crippen molar-refractivity contribution in [1.29, 1.82) is 0 Å². The Labute approximate surface area is 225 Å². The average Bonchev–Trinajstić information content (AvgIpc) is 3.09. The summed E-state index contributed by atoms with van der Waals surface area (Å²) >= 11 is 5.76. The number of carboxylic acids is 1. The lowest BCUT2D eigenvalue weighted by atomic mass is 10.2. The maximum absolute atomic E-state index is 12.9. The number of nitrogens with one attached hydrogen (secondary N) is 1. The Morgan fingerprint density at radius 1 is 1.05 bits per heavy atom. The van der Waals surface area contributed by atoms with Gasteiger partial charge in [0.2, 0.25) is 0 Å². The van der Waals surface area contributed by atoms with E-state index < -0.39 is 75.4 Å². The monoisotopic (exact) mass is 624 g/mol. The van der Waals surface area contributed by atoms with Gasteiger partial charge in [-0.25, -0.2) is 22.1 Å². The number of rotatable bonds is 10. The quantitative estimate of drug-likeness (QED) is 0.187. The van der Waals surface area contributed by atoms with Crippen LogP contribution in [0.4, 0.5) is 11.4 Å². The van der Waals surface area contributed by atoms with Crippen LogP contribution in [0.15, 0.2) is 61.2 Å². The van der Waals surface area contributed by atoms with E-state index in [1.54, 1.807) is 0 Å². The highest BCUT2D eigenvalue weighted by molar-refractivity contribution is 7.91. The SMILES string of the molecule is Cc1[nH]n(-c2ccc(S(=O)(=O)CCOS(=O)(=O)O)cc2)c(=O)c1N=Nc1cc(C(=O)O)c(Cl)cc1S(=O)(=O)O. The van der Waals surface area contributed by atoms with Gasteiger partial charge in [-0.1, -0.05) is 11.6 Å². The highest BCUT2D eigenvalue weighted by Gasteiger charge is 2.22. The third-order valence-electron chi connectivity index (χ3n) is 4.89. The average molecular weight is 625 g/mol. The first-order valence-corrected chi connectivity index (χ1v) is 15.0. The van der Waals surface area contributed by atoms with E-state index in [4.69, 9.17) is 16.2 Å². The van der Waals surface area contributed by atoms with Crippen LogP contribution in [0.1, 0.15) is 16.1 Å². The molecule has 0 bridgehead atoms. The molecule has 1 heterocycles. The fourth-order valence-corrected chi connectivity index (χ4v) is 5.53. The van der Waals surface area contributed by atoms with Gasteiger partial charge in [-0.05, 0) is 43.3 Å². The Kier molecular flexibility index (Phi) is 8.46. The van der Waals surface area contributed by atoms with Crippen LogP contribution >= 0.6 is 11.6 Å². The van der Waals surface area contributed by atoms with Gasteiger partial charge in [0.25, 0.3) is 15.7 Å². The smallest absolute Gasteiger partial charge is 0.397 e. The normalized spacial score (nSPS) is 12.7. The zero-order valence-corrected chi connectivity index (χ0v) is 22.5. The molecule has 2 aromatic carbocycles. The van der Waals surface area contributed by atoms with Gasteiger partial charge in [0, 0.05) is 0 Å². The van der Waals surface area contributed by atoms with E-state index in [1.165, 1.54) is 19.1 Å². The van der Waals surface area contributed by atoms with Gasteiger partial charge in [-0.3, -0.25) is 19.0 Å². The van der Waals surface area contributed by atoms with Crippen LogP contribution in [0, 0.1) is 6.92 Å². The summed E-state index contributed by atoms with van der Waals surface area (Å²) in [6.07, 6.45) is 0. The summed E-state index contributed by atoms with van der Waals surface area (Å²) in [7, 11) is -13.7. The lowest BCUT2D eigenvalue weighted by Crippen LogP contribution is -2.16. The molecule has 0 fully saturated rings. The van der Waals surface area contributed by atoms with Crippen molar-refractivity contribution in [2.45, 2.75) is 16.7 Å². The third-order valence-corrected chi connectivity index (χ3v) is 8.25. The van der Waals surface area contributed by atoms with E-state index in [0.717, 1.165) is 22.9 Å². The number of carbonyl (C=O) groups is 1. The zero-order chi connectivity index (χ0) is 29.3. The van der Waals surface area contributed by atoms with Crippen molar-refractivity contribution in [3.63, 3.8) is 0 Å². The molecule has 1 aromatic heterocycles. The van der Waals surface area contributed by atoms with Gasteiger partial charge in [0.15, 0.2) is 15.5 Å². The molecule has 16 nitrogen and oxygen atoms in total. The lowest BCUT2D eigenvalue weighted by Gasteiger charge is -2.06. The van der Waals surface area contributed by atoms with Gasteiger partial charge in [0.05, 0.1) is 39.2 Å². The highest BCUT2D eigenvalue weighted by atomic mass is 35.5. The Morgan fingerprint density at radius 2 is 1.67 bits per heavy atom. The summed E-state index contributed by atoms with van der Waals surface area (Å²) in [4.78, 5) is 23.2. The predicted molar refractivity (Wildman–Crippen MR) is 133 cm³/mol. The topological polar surface area (TPSA) is 252 Å². The molecule has 0 aliphatic carbocycles. The second kappa shape index (κ2) is 11.0. The van der Waals surface area contributed by atoms with E-state index >= 15 is 0 Å². The van der Waals surface area contributed by atoms with Crippen LogP contribution in [-0.4, -0.2) is 67.6 Å². The number of azo groups is 1. The molecule has 210 valence electrons. The molecular weight excluding hydrogens is 608 g/mol. The van der Waals surface area contributed by atoms with Crippen molar-refractivity contribution in [1.82, 2.24) is 9.78 Å². The summed E-state index contributed by atoms with van der Waals surface area (Å²) < 4.78 is 92.2. The molecule has 0 unspecified atom stereocenters. The molecule has 4 N–H and O–H groups in total. The molecule has 3 rings (SSSR count). The van der Waals surface area contributed by atoms with Gasteiger partial charge in [0.1, 0.15) is 10.6 Å². The number of sulfone groups is 1. The summed E-state index contributed by atoms with van der Waals surface area (Å²) in [5, 5.41) is 18.7. The van der Waals surface area contributed by atoms with Gasteiger partial charge >= 0.3 is 16.4 Å². The van der Waals surface area contributed by atoms with Crippen molar-refractivity contribution < 1.29 is 48.4 Å². The fraction of sp³-hybridized carbons (Fsp3) is 0.158. The summed E-state index contributed by atoms with van der Waals surface area (Å²) in [6, 6.07) is 6.15. The zero-order valence-electron chi connectivity index (χ0n) is 19.3. The van der Waals surface area contributed by atoms with E-state index in [1.807, 2.05) is 0 Å². The van der Waals surface area contributed by atoms with Crippen molar-refractivity contribution >= 4 is 59.3 Å². The number of hydrogen-bond acceptors (Lipinski definition) is 11. The molecular formula is C19H17ClN4O12S3. The minimum absolute atomic E-state index is 0.128. The Morgan fingerprint density at radius 3 is 2.21 bits per heavy atom. The minimum atomic E-state index is -4.91. The third kappa shape index (κ3) is 7.15. The van der Waals surface area contributed by atoms with E-state index in [9.17, 15) is 44.5 Å². The summed E-state index contributed by atoms with van der Waals surface area (Å²) in [5.74, 6) is -2.28. The number of H-pyrrole nitrogens is 1. The molecule has 0 atom stereocenters. The molecule has 39 heavy (non-hydrogen) atoms. The van der Waals surface area contributed by atoms with Crippen LogP contribution in [0.3, 0.4) is 0 Å². The molecule has 0 aliphatic heterocycles. The lowest BCUT2D eigenvalue weighted by molar-refractivity contribution is 0.0697. The fourth-order valence-electron chi connectivity index (χ4n) is 3.10. The minimum Gasteiger partial charge on any atom is -0.478 e. The first-order chi connectivity index (χ1) is 17.9. The number of aryl methyl sites for hydroxylation is 1. The number of carboxylic acid groups (broad SMARTS) is 1. The largest absolute Gasteiger partial charge is 0.478 e. The number of hydrogen-bond donors (Lipinski definition) is 4. The summed E-state index contributed by atoms with van der Waals surface area (Å²) in [6.45, 7) is 0.585. The second-order valence-electron chi connectivity index (χ2n) is 7.57.